The van der Waals surface area contributed by atoms with E-state index in [0.717, 1.165) is 18.2 Å². The molecule has 0 aliphatic heterocycles. The summed E-state index contributed by atoms with van der Waals surface area (Å²) in [4.78, 5) is 0. The van der Waals surface area contributed by atoms with Gasteiger partial charge in [-0.15, -0.1) is 0 Å². The van der Waals surface area contributed by atoms with Gasteiger partial charge in [0.15, 0.2) is 0 Å². The molecule has 5 heteroatoms. The zero-order chi connectivity index (χ0) is 11.5. The molecule has 1 aromatic rings. The third-order valence-corrected chi connectivity index (χ3v) is 2.01. The van der Waals surface area contributed by atoms with Gasteiger partial charge in [-0.3, -0.25) is 0 Å². The Morgan fingerprint density at radius 1 is 1.27 bits per heavy atom. The molecule has 0 aromatic heterocycles. The maximum atomic E-state index is 12.2. The van der Waals surface area contributed by atoms with Crippen molar-refractivity contribution >= 4 is 16.6 Å². The molecule has 0 saturated heterocycles. The summed E-state index contributed by atoms with van der Waals surface area (Å²) in [6, 6.07) is 5.98. The number of rotatable bonds is 1. The minimum Gasteiger partial charge on any atom is -0.193 e. The number of nitriles is 1. The van der Waals surface area contributed by atoms with E-state index in [1.807, 2.05) is 0 Å². The van der Waals surface area contributed by atoms with Crippen LogP contribution in [0.5, 0.6) is 0 Å². The Hall–Kier alpha value is -1.47. The quantitative estimate of drug-likeness (QED) is 0.675. The van der Waals surface area contributed by atoms with Gasteiger partial charge in [0.05, 0.1) is 16.7 Å². The highest BCUT2D eigenvalue weighted by Gasteiger charge is 2.29. The summed E-state index contributed by atoms with van der Waals surface area (Å²) in [6.45, 7) is 0. The monoisotopic (exact) mass is 231 g/mol. The van der Waals surface area contributed by atoms with E-state index in [2.05, 4.69) is 0 Å². The van der Waals surface area contributed by atoms with E-state index in [1.165, 1.54) is 12.1 Å². The molecule has 0 bridgehead atoms. The molecular formula is C10H5ClF3N. The molecule has 1 nitrogen and oxygen atoms in total. The molecule has 0 heterocycles. The van der Waals surface area contributed by atoms with E-state index < -0.39 is 11.7 Å². The first-order valence-corrected chi connectivity index (χ1v) is 4.26. The largest absolute Gasteiger partial charge is 0.416 e. The minimum atomic E-state index is -4.36. The van der Waals surface area contributed by atoms with E-state index >= 15 is 0 Å². The first kappa shape index (κ1) is 11.6. The maximum absolute atomic E-state index is 12.2. The van der Waals surface area contributed by atoms with Crippen molar-refractivity contribution in [3.63, 3.8) is 0 Å². The Morgan fingerprint density at radius 3 is 2.20 bits per heavy atom. The average Bonchev–Trinajstić information content (AvgIpc) is 2.17. The molecule has 0 fully saturated rings. The second-order valence-electron chi connectivity index (χ2n) is 2.70. The molecule has 0 N–H and O–H groups in total. The zero-order valence-corrected chi connectivity index (χ0v) is 8.10. The van der Waals surface area contributed by atoms with Gasteiger partial charge in [-0.2, -0.15) is 18.4 Å². The van der Waals surface area contributed by atoms with Crippen molar-refractivity contribution in [3.8, 4) is 6.07 Å². The lowest BCUT2D eigenvalue weighted by molar-refractivity contribution is -0.137. The zero-order valence-electron chi connectivity index (χ0n) is 7.35. The van der Waals surface area contributed by atoms with E-state index in [4.69, 9.17) is 16.9 Å². The fourth-order valence-corrected chi connectivity index (χ4v) is 1.13. The number of alkyl halides is 3. The van der Waals surface area contributed by atoms with Crippen LogP contribution >= 0.6 is 11.6 Å². The fraction of sp³-hybridized carbons (Fsp3) is 0.100. The molecule has 0 amide bonds. The Labute approximate surface area is 89.4 Å². The van der Waals surface area contributed by atoms with Gasteiger partial charge in [0.2, 0.25) is 0 Å². The standard InChI is InChI=1S/C10H5ClF3N/c11-9(5-6-15)7-1-3-8(4-2-7)10(12,13)14/h1-5H/b9-5+. The van der Waals surface area contributed by atoms with Gasteiger partial charge in [0, 0.05) is 6.08 Å². The van der Waals surface area contributed by atoms with Crippen LogP contribution in [-0.4, -0.2) is 0 Å². The molecule has 0 unspecified atom stereocenters. The van der Waals surface area contributed by atoms with E-state index in [-0.39, 0.29) is 5.03 Å². The summed E-state index contributed by atoms with van der Waals surface area (Å²) in [5.41, 5.74) is -0.362. The maximum Gasteiger partial charge on any atom is 0.416 e. The number of hydrogen-bond acceptors (Lipinski definition) is 1. The number of hydrogen-bond donors (Lipinski definition) is 0. The molecule has 0 atom stereocenters. The smallest absolute Gasteiger partial charge is 0.193 e. The third-order valence-electron chi connectivity index (χ3n) is 1.68. The summed E-state index contributed by atoms with van der Waals surface area (Å²) >= 11 is 5.63. The summed E-state index contributed by atoms with van der Waals surface area (Å²) in [5, 5.41) is 8.41. The summed E-state index contributed by atoms with van der Waals surface area (Å²) in [6.07, 6.45) is -3.30. The van der Waals surface area contributed by atoms with Gasteiger partial charge in [-0.05, 0) is 17.7 Å². The molecule has 15 heavy (non-hydrogen) atoms. The minimum absolute atomic E-state index is 0.117. The Bertz CT molecular complexity index is 412. The molecule has 0 aliphatic rings. The Balaban J connectivity index is 3.02. The third kappa shape index (κ3) is 3.00. The van der Waals surface area contributed by atoms with Crippen LogP contribution in [0.25, 0.3) is 5.03 Å². The topological polar surface area (TPSA) is 23.8 Å². The van der Waals surface area contributed by atoms with Gasteiger partial charge in [0.25, 0.3) is 0 Å². The van der Waals surface area contributed by atoms with Crippen LogP contribution < -0.4 is 0 Å². The summed E-state index contributed by atoms with van der Waals surface area (Å²) in [5.74, 6) is 0. The van der Waals surface area contributed by atoms with Crippen molar-refractivity contribution < 1.29 is 13.2 Å². The molecule has 0 saturated carbocycles. The molecule has 0 radical (unpaired) electrons. The lowest BCUT2D eigenvalue weighted by atomic mass is 10.1. The number of allylic oxidation sites excluding steroid dienone is 1. The normalized spacial score (nSPS) is 12.3. The van der Waals surface area contributed by atoms with Crippen molar-refractivity contribution in [1.82, 2.24) is 0 Å². The van der Waals surface area contributed by atoms with E-state index in [9.17, 15) is 13.2 Å². The summed E-state index contributed by atoms with van der Waals surface area (Å²) in [7, 11) is 0. The van der Waals surface area contributed by atoms with Crippen LogP contribution in [0.1, 0.15) is 11.1 Å². The van der Waals surface area contributed by atoms with Crippen LogP contribution in [0, 0.1) is 11.3 Å². The van der Waals surface area contributed by atoms with Gasteiger partial charge in [0.1, 0.15) is 0 Å². The van der Waals surface area contributed by atoms with Gasteiger partial charge in [-0.25, -0.2) is 0 Å². The number of benzene rings is 1. The van der Waals surface area contributed by atoms with Crippen LogP contribution in [0.4, 0.5) is 13.2 Å². The highest BCUT2D eigenvalue weighted by Crippen LogP contribution is 2.30. The molecule has 0 aliphatic carbocycles. The van der Waals surface area contributed by atoms with Crippen LogP contribution in [-0.2, 0) is 6.18 Å². The molecule has 0 spiro atoms. The number of nitrogens with zero attached hydrogens (tertiary/aromatic N) is 1. The number of halogens is 4. The SMILES string of the molecule is N#C/C=C(/Cl)c1ccc(C(F)(F)F)cc1. The Kier molecular flexibility index (Phi) is 3.38. The molecule has 1 aromatic carbocycles. The average molecular weight is 232 g/mol. The second kappa shape index (κ2) is 4.37. The lowest BCUT2D eigenvalue weighted by Crippen LogP contribution is -2.04. The van der Waals surface area contributed by atoms with Crippen LogP contribution in [0.15, 0.2) is 30.3 Å². The lowest BCUT2D eigenvalue weighted by Gasteiger charge is -2.06. The van der Waals surface area contributed by atoms with Crippen LogP contribution in [0.3, 0.4) is 0 Å². The molecular weight excluding hydrogens is 227 g/mol. The highest BCUT2D eigenvalue weighted by atomic mass is 35.5. The predicted molar refractivity (Wildman–Crippen MR) is 50.9 cm³/mol. The first-order chi connectivity index (χ1) is 6.95. The predicted octanol–water partition coefficient (Wildman–Crippen LogP) is 3.81. The summed E-state index contributed by atoms with van der Waals surface area (Å²) < 4.78 is 36.5. The second-order valence-corrected chi connectivity index (χ2v) is 3.10. The molecule has 78 valence electrons. The van der Waals surface area contributed by atoms with Gasteiger partial charge >= 0.3 is 6.18 Å². The molecule has 1 rings (SSSR count). The Morgan fingerprint density at radius 2 is 1.80 bits per heavy atom. The fourth-order valence-electron chi connectivity index (χ4n) is 0.958. The van der Waals surface area contributed by atoms with Crippen molar-refractivity contribution in [1.29, 1.82) is 5.26 Å². The van der Waals surface area contributed by atoms with Gasteiger partial charge in [-0.1, -0.05) is 23.7 Å². The first-order valence-electron chi connectivity index (χ1n) is 3.88. The van der Waals surface area contributed by atoms with Crippen molar-refractivity contribution in [2.45, 2.75) is 6.18 Å². The van der Waals surface area contributed by atoms with Crippen molar-refractivity contribution in [2.75, 3.05) is 0 Å². The van der Waals surface area contributed by atoms with E-state index in [0.29, 0.717) is 5.56 Å². The highest BCUT2D eigenvalue weighted by molar-refractivity contribution is 6.48. The van der Waals surface area contributed by atoms with Crippen LogP contribution in [0.2, 0.25) is 0 Å². The van der Waals surface area contributed by atoms with E-state index in [1.54, 1.807) is 6.07 Å². The van der Waals surface area contributed by atoms with Crippen molar-refractivity contribution in [2.24, 2.45) is 0 Å². The van der Waals surface area contributed by atoms with Gasteiger partial charge < -0.3 is 0 Å². The van der Waals surface area contributed by atoms with Crippen molar-refractivity contribution in [3.05, 3.63) is 41.5 Å².